The molecule has 13 rings (SSSR count). The van der Waals surface area contributed by atoms with Crippen LogP contribution in [0.1, 0.15) is 27.4 Å². The molecule has 3 aromatic heterocycles. The Morgan fingerprint density at radius 2 is 0.969 bits per heavy atom. The SMILES string of the molecule is [2H]c1c([2H])c([2H])c(-c2c([2H])c([2H])c(N(c3c([2H])c([2H])c(-c4c([2H])c([2H])c([2H])c5c4oc4c([2H])c([2H])c([2H])c([2H])c45)c([2H])c3[2H])c3ccc(-c4ccccc4-n4c5ccccc5c5ccccc54)c4oc5ccccc5c34)c([2H])c2[2H])c([2H])c1[2H]. The summed E-state index contributed by atoms with van der Waals surface area (Å²) in [6.45, 7) is 0. The van der Waals surface area contributed by atoms with Crippen LogP contribution in [0.25, 0.3) is 105 Å². The molecule has 4 nitrogen and oxygen atoms in total. The molecule has 0 amide bonds. The third-order valence-electron chi connectivity index (χ3n) is 11.4. The Bertz CT molecular complexity index is 4980. The van der Waals surface area contributed by atoms with E-state index in [0.29, 0.717) is 22.1 Å². The van der Waals surface area contributed by atoms with Crippen LogP contribution >= 0.6 is 0 Å². The molecule has 0 radical (unpaired) electrons. The fourth-order valence-corrected chi connectivity index (χ4v) is 8.61. The van der Waals surface area contributed by atoms with E-state index >= 15 is 0 Å². The highest BCUT2D eigenvalue weighted by molar-refractivity contribution is 6.18. The molecule has 0 saturated carbocycles. The second kappa shape index (κ2) is 14.5. The predicted octanol–water partition coefficient (Wildman–Crippen LogP) is 17.1. The second-order valence-corrected chi connectivity index (χ2v) is 14.9. The minimum absolute atomic E-state index is 0.0610. The molecule has 0 spiro atoms. The number of fused-ring (bicyclic) bond motifs is 9. The van der Waals surface area contributed by atoms with Gasteiger partial charge in [-0.1, -0.05) is 163 Å². The molecule has 0 saturated heterocycles. The number of para-hydroxylation sites is 6. The van der Waals surface area contributed by atoms with Crippen LogP contribution in [0.2, 0.25) is 0 Å². The van der Waals surface area contributed by atoms with E-state index in [9.17, 15) is 12.3 Å². The summed E-state index contributed by atoms with van der Waals surface area (Å²) in [7, 11) is 0. The monoisotopic (exact) mass is 838 g/mol. The van der Waals surface area contributed by atoms with Crippen molar-refractivity contribution in [2.75, 3.05) is 4.90 Å². The lowest BCUT2D eigenvalue weighted by Gasteiger charge is -2.27. The van der Waals surface area contributed by atoms with E-state index in [0.717, 1.165) is 32.4 Å². The number of aromatic nitrogens is 1. The molecule has 0 bridgehead atoms. The summed E-state index contributed by atoms with van der Waals surface area (Å²) < 4.78 is 197. The van der Waals surface area contributed by atoms with Crippen molar-refractivity contribution in [2.45, 2.75) is 0 Å². The van der Waals surface area contributed by atoms with Gasteiger partial charge in [0.25, 0.3) is 0 Å². The van der Waals surface area contributed by atoms with Crippen molar-refractivity contribution in [3.8, 4) is 39.1 Å². The predicted molar refractivity (Wildman–Crippen MR) is 266 cm³/mol. The first-order valence-corrected chi connectivity index (χ1v) is 20.1. The molecule has 3 heterocycles. The summed E-state index contributed by atoms with van der Waals surface area (Å²) >= 11 is 0. The molecule has 0 aliphatic carbocycles. The van der Waals surface area contributed by atoms with Crippen LogP contribution in [0, 0.1) is 0 Å². The molecule has 0 fully saturated rings. The molecule has 13 aromatic rings. The molecule has 0 aliphatic heterocycles. The minimum Gasteiger partial charge on any atom is -0.455 e. The number of hydrogen-bond acceptors (Lipinski definition) is 3. The summed E-state index contributed by atoms with van der Waals surface area (Å²) in [5.41, 5.74) is -0.651. The molecule has 0 unspecified atom stereocenters. The first-order valence-electron chi connectivity index (χ1n) is 30.1. The largest absolute Gasteiger partial charge is 0.455 e. The molecular formula is C60H38N2O2. The summed E-state index contributed by atoms with van der Waals surface area (Å²) in [4.78, 5) is 1.02. The topological polar surface area (TPSA) is 34.5 Å². The maximum atomic E-state index is 9.99. The average Bonchev–Trinajstić information content (AvgIpc) is 1.44. The third-order valence-corrected chi connectivity index (χ3v) is 11.4. The van der Waals surface area contributed by atoms with Gasteiger partial charge in [-0.2, -0.15) is 0 Å². The zero-order valence-electron chi connectivity index (χ0n) is 53.1. The van der Waals surface area contributed by atoms with Crippen molar-refractivity contribution in [3.05, 3.63) is 230 Å². The van der Waals surface area contributed by atoms with Crippen LogP contribution < -0.4 is 4.90 Å². The number of nitrogens with zero attached hydrogens (tertiary/aromatic N) is 2. The van der Waals surface area contributed by atoms with Crippen LogP contribution in [-0.4, -0.2) is 4.57 Å². The molecule has 300 valence electrons. The van der Waals surface area contributed by atoms with Crippen molar-refractivity contribution in [3.63, 3.8) is 0 Å². The summed E-state index contributed by atoms with van der Waals surface area (Å²) in [5, 5.41) is 1.97. The first-order chi connectivity index (χ1) is 40.1. The van der Waals surface area contributed by atoms with Gasteiger partial charge in [-0.3, -0.25) is 0 Å². The minimum atomic E-state index is -0.909. The first kappa shape index (κ1) is 21.5. The lowest BCUT2D eigenvalue weighted by Crippen LogP contribution is -2.10. The molecule has 64 heavy (non-hydrogen) atoms. The van der Waals surface area contributed by atoms with Crippen molar-refractivity contribution in [1.82, 2.24) is 4.57 Å². The quantitative estimate of drug-likeness (QED) is 0.160. The molecule has 4 heteroatoms. The molecule has 0 atom stereocenters. The summed E-state index contributed by atoms with van der Waals surface area (Å²) in [6, 6.07) is 17.4. The van der Waals surface area contributed by atoms with Gasteiger partial charge in [0.2, 0.25) is 0 Å². The van der Waals surface area contributed by atoms with Gasteiger partial charge in [-0.15, -0.1) is 0 Å². The Balaban J connectivity index is 1.15. The van der Waals surface area contributed by atoms with E-state index in [2.05, 4.69) is 4.57 Å². The second-order valence-electron chi connectivity index (χ2n) is 14.9. The standard InChI is InChI=1S/C60H38N2O2/c1-2-15-39(16-3-1)40-29-33-42(34-30-40)61(43-35-31-41(32-36-43)44-22-14-23-49-48-20-7-12-27-56(48)63-59(44)49)55-38-37-50(60-58(55)51-21-8-13-28-57(51)64-60)47-19-6-11-26-54(47)62-52-24-9-4-17-45(52)46-18-5-10-25-53(46)62/h1-38H/i1D,2D,3D,7D,12D,14D,15D,16D,20D,22D,23D,27D,29D,30D,31D,32D,33D,34D,35D,36D. The van der Waals surface area contributed by atoms with Crippen molar-refractivity contribution >= 4 is 82.7 Å². The van der Waals surface area contributed by atoms with E-state index in [4.69, 9.17) is 23.9 Å². The van der Waals surface area contributed by atoms with Gasteiger partial charge in [0.15, 0.2) is 0 Å². The maximum Gasteiger partial charge on any atom is 0.145 e. The fourth-order valence-electron chi connectivity index (χ4n) is 8.61. The van der Waals surface area contributed by atoms with Crippen LogP contribution in [0.3, 0.4) is 0 Å². The van der Waals surface area contributed by atoms with Crippen molar-refractivity contribution < 1.29 is 36.2 Å². The van der Waals surface area contributed by atoms with Crippen molar-refractivity contribution in [2.24, 2.45) is 0 Å². The van der Waals surface area contributed by atoms with Gasteiger partial charge < -0.3 is 18.3 Å². The van der Waals surface area contributed by atoms with Crippen molar-refractivity contribution in [1.29, 1.82) is 0 Å². The van der Waals surface area contributed by atoms with Gasteiger partial charge in [-0.25, -0.2) is 0 Å². The van der Waals surface area contributed by atoms with Gasteiger partial charge in [0.1, 0.15) is 22.3 Å². The molecule has 10 aromatic carbocycles. The fraction of sp³-hybridized carbons (Fsp3) is 0. The lowest BCUT2D eigenvalue weighted by atomic mass is 9.97. The van der Waals surface area contributed by atoms with Crippen LogP contribution in [0.5, 0.6) is 0 Å². The number of hydrogen-bond donors (Lipinski definition) is 0. The van der Waals surface area contributed by atoms with Crippen LogP contribution in [0.15, 0.2) is 239 Å². The zero-order valence-corrected chi connectivity index (χ0v) is 33.1. The van der Waals surface area contributed by atoms with Gasteiger partial charge in [0, 0.05) is 55.0 Å². The molecule has 0 aliphatic rings. The smallest absolute Gasteiger partial charge is 0.145 e. The van der Waals surface area contributed by atoms with Gasteiger partial charge in [-0.05, 0) is 83.3 Å². The van der Waals surface area contributed by atoms with Gasteiger partial charge >= 0.3 is 0 Å². The van der Waals surface area contributed by atoms with Crippen LogP contribution in [0.4, 0.5) is 17.1 Å². The highest BCUT2D eigenvalue weighted by Crippen LogP contribution is 2.48. The van der Waals surface area contributed by atoms with Crippen LogP contribution in [-0.2, 0) is 0 Å². The van der Waals surface area contributed by atoms with Gasteiger partial charge in [0.05, 0.1) is 55.2 Å². The third kappa shape index (κ3) is 5.63. The number of rotatable bonds is 7. The molecule has 0 N–H and O–H groups in total. The number of furan rings is 2. The lowest BCUT2D eigenvalue weighted by molar-refractivity contribution is 0.669. The summed E-state index contributed by atoms with van der Waals surface area (Å²) in [5.74, 6) is 0. The summed E-state index contributed by atoms with van der Waals surface area (Å²) in [6.07, 6.45) is 0. The Morgan fingerprint density at radius 1 is 0.375 bits per heavy atom. The Labute approximate surface area is 397 Å². The Morgan fingerprint density at radius 3 is 1.73 bits per heavy atom. The average molecular weight is 839 g/mol. The maximum absolute atomic E-state index is 9.99. The highest BCUT2D eigenvalue weighted by atomic mass is 16.3. The van der Waals surface area contributed by atoms with E-state index < -0.39 is 166 Å². The van der Waals surface area contributed by atoms with E-state index in [-0.39, 0.29) is 27.4 Å². The number of benzene rings is 10. The van der Waals surface area contributed by atoms with E-state index in [1.54, 1.807) is 36.4 Å². The zero-order chi connectivity index (χ0) is 59.5. The number of anilines is 3. The highest BCUT2D eigenvalue weighted by Gasteiger charge is 2.24. The Kier molecular flexibility index (Phi) is 4.87. The molecular weight excluding hydrogens is 781 g/mol. The van der Waals surface area contributed by atoms with E-state index in [1.165, 1.54) is 0 Å². The Hall–Kier alpha value is -8.60. The van der Waals surface area contributed by atoms with E-state index in [1.807, 2.05) is 72.8 Å². The normalized spacial score (nSPS) is 16.1.